The predicted molar refractivity (Wildman–Crippen MR) is 117 cm³/mol. The Morgan fingerprint density at radius 1 is 1.03 bits per heavy atom. The van der Waals surface area contributed by atoms with E-state index in [0.29, 0.717) is 5.69 Å². The number of ether oxygens (including phenoxy) is 1. The molecule has 2 atom stereocenters. The summed E-state index contributed by atoms with van der Waals surface area (Å²) < 4.78 is 5.32. The number of amides is 2. The smallest absolute Gasteiger partial charge is 0.314 e. The molecule has 0 aliphatic heterocycles. The van der Waals surface area contributed by atoms with Crippen LogP contribution in [0.4, 0.5) is 5.69 Å². The van der Waals surface area contributed by atoms with E-state index in [2.05, 4.69) is 5.32 Å². The summed E-state index contributed by atoms with van der Waals surface area (Å²) in [4.78, 5) is 38.4. The zero-order valence-corrected chi connectivity index (χ0v) is 18.1. The largest absolute Gasteiger partial charge is 0.455 e. The molecule has 0 aliphatic carbocycles. The minimum atomic E-state index is -0.432. The Morgan fingerprint density at radius 3 is 2.27 bits per heavy atom. The van der Waals surface area contributed by atoms with Crippen molar-refractivity contribution < 1.29 is 19.1 Å². The molecule has 30 heavy (non-hydrogen) atoms. The van der Waals surface area contributed by atoms with Crippen LogP contribution in [0.5, 0.6) is 0 Å². The zero-order chi connectivity index (χ0) is 22.1. The first-order valence-corrected chi connectivity index (χ1v) is 10.1. The lowest BCUT2D eigenvalue weighted by Crippen LogP contribution is -2.38. The van der Waals surface area contributed by atoms with Gasteiger partial charge in [-0.2, -0.15) is 0 Å². The fourth-order valence-electron chi connectivity index (χ4n) is 3.07. The van der Waals surface area contributed by atoms with Crippen LogP contribution in [-0.4, -0.2) is 42.9 Å². The Labute approximate surface area is 178 Å². The minimum absolute atomic E-state index is 0.0769. The van der Waals surface area contributed by atoms with E-state index in [4.69, 9.17) is 4.74 Å². The Morgan fingerprint density at radius 2 is 1.67 bits per heavy atom. The van der Waals surface area contributed by atoms with Crippen molar-refractivity contribution in [2.24, 2.45) is 5.92 Å². The van der Waals surface area contributed by atoms with Crippen LogP contribution in [-0.2, 0) is 19.1 Å². The maximum Gasteiger partial charge on any atom is 0.314 e. The molecule has 6 heteroatoms. The number of nitrogens with zero attached hydrogens (tertiary/aromatic N) is 1. The van der Waals surface area contributed by atoms with E-state index in [9.17, 15) is 14.4 Å². The second kappa shape index (κ2) is 11.1. The average molecular weight is 411 g/mol. The second-order valence-corrected chi connectivity index (χ2v) is 7.55. The zero-order valence-electron chi connectivity index (χ0n) is 18.1. The number of hydrogen-bond acceptors (Lipinski definition) is 4. The number of benzene rings is 2. The van der Waals surface area contributed by atoms with E-state index in [1.54, 1.807) is 12.1 Å². The van der Waals surface area contributed by atoms with Gasteiger partial charge in [-0.3, -0.25) is 14.4 Å². The Bertz CT molecular complexity index is 849. The fourth-order valence-corrected chi connectivity index (χ4v) is 3.07. The lowest BCUT2D eigenvalue weighted by atomic mass is 9.86. The lowest BCUT2D eigenvalue weighted by Gasteiger charge is -2.23. The van der Waals surface area contributed by atoms with Crippen LogP contribution >= 0.6 is 0 Å². The molecule has 0 radical (unpaired) electrons. The maximum atomic E-state index is 12.7. The highest BCUT2D eigenvalue weighted by Gasteiger charge is 2.28. The molecule has 2 aromatic carbocycles. The molecular formula is C24H30N2O4. The number of carbonyl (C=O) groups excluding carboxylic acids is 3. The molecule has 0 saturated carbocycles. The van der Waals surface area contributed by atoms with E-state index in [1.807, 2.05) is 63.2 Å². The molecular weight excluding hydrogens is 380 g/mol. The molecule has 0 aromatic heterocycles. The van der Waals surface area contributed by atoms with Crippen LogP contribution in [0.15, 0.2) is 54.6 Å². The Kier molecular flexibility index (Phi) is 8.59. The summed E-state index contributed by atoms with van der Waals surface area (Å²) in [5.41, 5.74) is 2.63. The normalized spacial score (nSPS) is 12.5. The lowest BCUT2D eigenvalue weighted by molar-refractivity contribution is -0.154. The van der Waals surface area contributed by atoms with Gasteiger partial charge in [-0.25, -0.2) is 0 Å². The summed E-state index contributed by atoms with van der Waals surface area (Å²) in [5, 5.41) is 2.74. The number of nitrogens with one attached hydrogen (secondary N) is 1. The summed E-state index contributed by atoms with van der Waals surface area (Å²) in [6.07, 6.45) is 0.807. The van der Waals surface area contributed by atoms with Crippen LogP contribution in [0.2, 0.25) is 0 Å². The number of esters is 1. The first kappa shape index (κ1) is 23.1. The van der Waals surface area contributed by atoms with Gasteiger partial charge in [0.25, 0.3) is 5.91 Å². The van der Waals surface area contributed by atoms with Gasteiger partial charge in [-0.15, -0.1) is 0 Å². The number of likely N-dealkylation sites (N-methyl/N-ethyl adjacent to an activating group) is 1. The highest BCUT2D eigenvalue weighted by atomic mass is 16.5. The highest BCUT2D eigenvalue weighted by Crippen LogP contribution is 2.28. The molecule has 2 rings (SSSR count). The summed E-state index contributed by atoms with van der Waals surface area (Å²) in [6.45, 7) is 5.44. The van der Waals surface area contributed by atoms with E-state index in [0.717, 1.165) is 17.5 Å². The van der Waals surface area contributed by atoms with Crippen molar-refractivity contribution in [1.82, 2.24) is 4.90 Å². The van der Waals surface area contributed by atoms with Crippen molar-refractivity contribution in [2.75, 3.05) is 25.5 Å². The van der Waals surface area contributed by atoms with Crippen LogP contribution in [0, 0.1) is 12.8 Å². The SMILES string of the molecule is CC[C@H](C)[C@H](C(=O)OCC(=O)N(C)CC(=O)Nc1ccc(C)cc1)c1ccccc1. The molecule has 0 heterocycles. The Balaban J connectivity index is 1.88. The van der Waals surface area contributed by atoms with Crippen LogP contribution in [0.1, 0.15) is 37.3 Å². The van der Waals surface area contributed by atoms with Crippen LogP contribution < -0.4 is 5.32 Å². The maximum absolute atomic E-state index is 12.7. The van der Waals surface area contributed by atoms with Crippen molar-refractivity contribution in [3.8, 4) is 0 Å². The second-order valence-electron chi connectivity index (χ2n) is 7.55. The summed E-state index contributed by atoms with van der Waals surface area (Å²) in [7, 11) is 1.51. The van der Waals surface area contributed by atoms with Crippen molar-refractivity contribution in [3.05, 3.63) is 65.7 Å². The first-order chi connectivity index (χ1) is 14.3. The van der Waals surface area contributed by atoms with Crippen molar-refractivity contribution in [2.45, 2.75) is 33.1 Å². The summed E-state index contributed by atoms with van der Waals surface area (Å²) >= 11 is 0. The number of anilines is 1. The van der Waals surface area contributed by atoms with Gasteiger partial charge in [-0.1, -0.05) is 68.3 Å². The third kappa shape index (κ3) is 6.72. The Hall–Kier alpha value is -3.15. The number of rotatable bonds is 9. The molecule has 0 saturated heterocycles. The standard InChI is InChI=1S/C24H30N2O4/c1-5-18(3)23(19-9-7-6-8-10-19)24(29)30-16-22(28)26(4)15-21(27)25-20-13-11-17(2)12-14-20/h6-14,18,23H,5,15-16H2,1-4H3,(H,25,27)/t18-,23-/m0/s1. The monoisotopic (exact) mass is 410 g/mol. The van der Waals surface area contributed by atoms with E-state index >= 15 is 0 Å². The molecule has 0 spiro atoms. The van der Waals surface area contributed by atoms with Gasteiger partial charge in [0.05, 0.1) is 12.5 Å². The van der Waals surface area contributed by atoms with Crippen LogP contribution in [0.3, 0.4) is 0 Å². The van der Waals surface area contributed by atoms with Crippen molar-refractivity contribution in [3.63, 3.8) is 0 Å². The summed E-state index contributed by atoms with van der Waals surface area (Å²) in [5.74, 6) is -1.53. The first-order valence-electron chi connectivity index (χ1n) is 10.1. The van der Waals surface area contributed by atoms with Crippen molar-refractivity contribution in [1.29, 1.82) is 0 Å². The van der Waals surface area contributed by atoms with Gasteiger partial charge in [0.2, 0.25) is 5.91 Å². The molecule has 1 N–H and O–H groups in total. The minimum Gasteiger partial charge on any atom is -0.455 e. The molecule has 0 unspecified atom stereocenters. The van der Waals surface area contributed by atoms with E-state index in [-0.39, 0.29) is 18.4 Å². The van der Waals surface area contributed by atoms with Gasteiger partial charge in [0.15, 0.2) is 6.61 Å². The third-order valence-electron chi connectivity index (χ3n) is 5.11. The molecule has 0 fully saturated rings. The van der Waals surface area contributed by atoms with Gasteiger partial charge < -0.3 is 15.0 Å². The van der Waals surface area contributed by atoms with Crippen LogP contribution in [0.25, 0.3) is 0 Å². The quantitative estimate of drug-likeness (QED) is 0.639. The van der Waals surface area contributed by atoms with E-state index in [1.165, 1.54) is 11.9 Å². The number of carbonyl (C=O) groups is 3. The fraction of sp³-hybridized carbons (Fsp3) is 0.375. The van der Waals surface area contributed by atoms with Gasteiger partial charge in [-0.05, 0) is 30.5 Å². The molecule has 0 aliphatic rings. The van der Waals surface area contributed by atoms with Gasteiger partial charge >= 0.3 is 5.97 Å². The molecule has 0 bridgehead atoms. The van der Waals surface area contributed by atoms with Gasteiger partial charge in [0, 0.05) is 12.7 Å². The summed E-state index contributed by atoms with van der Waals surface area (Å²) in [6, 6.07) is 16.8. The van der Waals surface area contributed by atoms with Gasteiger partial charge in [0.1, 0.15) is 0 Å². The third-order valence-corrected chi connectivity index (χ3v) is 5.11. The average Bonchev–Trinajstić information content (AvgIpc) is 2.74. The topological polar surface area (TPSA) is 75.7 Å². The molecule has 6 nitrogen and oxygen atoms in total. The van der Waals surface area contributed by atoms with Crippen molar-refractivity contribution >= 4 is 23.5 Å². The molecule has 2 aromatic rings. The number of aryl methyl sites for hydroxylation is 1. The molecule has 2 amide bonds. The van der Waals surface area contributed by atoms with E-state index < -0.39 is 24.4 Å². The highest BCUT2D eigenvalue weighted by molar-refractivity contribution is 5.94. The molecule has 160 valence electrons. The predicted octanol–water partition coefficient (Wildman–Crippen LogP) is 3.77. The number of hydrogen-bond donors (Lipinski definition) is 1.